The second-order valence-corrected chi connectivity index (χ2v) is 5.31. The Hall–Kier alpha value is -1.67. The zero-order valence-electron chi connectivity index (χ0n) is 10.6. The van der Waals surface area contributed by atoms with E-state index < -0.39 is 0 Å². The van der Waals surface area contributed by atoms with Crippen molar-refractivity contribution in [2.45, 2.75) is 6.92 Å². The molecule has 0 aliphatic carbocycles. The molecule has 3 aromatic carbocycles. The summed E-state index contributed by atoms with van der Waals surface area (Å²) in [6.07, 6.45) is 0. The van der Waals surface area contributed by atoms with Crippen molar-refractivity contribution >= 4 is 43.3 Å². The molecule has 0 saturated carbocycles. The average Bonchev–Trinajstić information content (AvgIpc) is 2.45. The maximum absolute atomic E-state index is 12.0. The van der Waals surface area contributed by atoms with Crippen LogP contribution in [0.4, 0.5) is 0 Å². The largest absolute Gasteiger partial charge is 0.293 e. The van der Waals surface area contributed by atoms with E-state index in [-0.39, 0.29) is 5.78 Å². The lowest BCUT2D eigenvalue weighted by atomic mass is 9.96. The summed E-state index contributed by atoms with van der Waals surface area (Å²) >= 11 is 3.25. The van der Waals surface area contributed by atoms with E-state index in [1.165, 1.54) is 16.3 Å². The molecule has 0 atom stereocenters. The van der Waals surface area contributed by atoms with E-state index >= 15 is 0 Å². The highest BCUT2D eigenvalue weighted by Crippen LogP contribution is 2.28. The van der Waals surface area contributed by atoms with Crippen molar-refractivity contribution in [3.63, 3.8) is 0 Å². The molecular formula is C17H13BrO. The summed E-state index contributed by atoms with van der Waals surface area (Å²) in [5.74, 6) is 0.122. The topological polar surface area (TPSA) is 17.1 Å². The average molecular weight is 313 g/mol. The number of rotatable bonds is 2. The minimum absolute atomic E-state index is 0.122. The Morgan fingerprint density at radius 1 is 1.00 bits per heavy atom. The second kappa shape index (κ2) is 4.78. The predicted molar refractivity (Wildman–Crippen MR) is 84.3 cm³/mol. The number of hydrogen-bond donors (Lipinski definition) is 0. The summed E-state index contributed by atoms with van der Waals surface area (Å²) in [4.78, 5) is 12.0. The quantitative estimate of drug-likeness (QED) is 0.374. The van der Waals surface area contributed by atoms with Gasteiger partial charge in [0, 0.05) is 5.56 Å². The van der Waals surface area contributed by atoms with Gasteiger partial charge in [-0.15, -0.1) is 0 Å². The standard InChI is InChI=1S/C17H13BrO/c1-11-5-7-13-12(9-11)6-8-15-14(13)3-2-4-16(15)17(19)10-18/h2-9H,10H2,1H3. The Kier molecular flexibility index (Phi) is 3.11. The van der Waals surface area contributed by atoms with Gasteiger partial charge < -0.3 is 0 Å². The molecule has 19 heavy (non-hydrogen) atoms. The third-order valence-electron chi connectivity index (χ3n) is 3.45. The van der Waals surface area contributed by atoms with Gasteiger partial charge in [0.25, 0.3) is 0 Å². The summed E-state index contributed by atoms with van der Waals surface area (Å²) in [5, 5.41) is 4.95. The van der Waals surface area contributed by atoms with E-state index in [0.717, 1.165) is 16.3 Å². The molecular weight excluding hydrogens is 300 g/mol. The first-order chi connectivity index (χ1) is 9.20. The fourth-order valence-electron chi connectivity index (χ4n) is 2.53. The van der Waals surface area contributed by atoms with Crippen molar-refractivity contribution in [1.82, 2.24) is 0 Å². The molecule has 0 aromatic heterocycles. The molecule has 0 radical (unpaired) electrons. The van der Waals surface area contributed by atoms with Gasteiger partial charge >= 0.3 is 0 Å². The van der Waals surface area contributed by atoms with Gasteiger partial charge in [0.05, 0.1) is 5.33 Å². The number of carbonyl (C=O) groups is 1. The van der Waals surface area contributed by atoms with Crippen LogP contribution in [0.5, 0.6) is 0 Å². The first-order valence-corrected chi connectivity index (χ1v) is 7.34. The van der Waals surface area contributed by atoms with Gasteiger partial charge in [0.15, 0.2) is 5.78 Å². The van der Waals surface area contributed by atoms with Crippen LogP contribution in [0, 0.1) is 6.92 Å². The lowest BCUT2D eigenvalue weighted by Gasteiger charge is -2.08. The molecule has 2 heteroatoms. The van der Waals surface area contributed by atoms with Crippen LogP contribution in [0.15, 0.2) is 48.5 Å². The van der Waals surface area contributed by atoms with E-state index in [9.17, 15) is 4.79 Å². The summed E-state index contributed by atoms with van der Waals surface area (Å²) in [7, 11) is 0. The molecule has 1 nitrogen and oxygen atoms in total. The third kappa shape index (κ3) is 2.06. The fourth-order valence-corrected chi connectivity index (χ4v) is 2.84. The molecule has 0 bridgehead atoms. The zero-order valence-corrected chi connectivity index (χ0v) is 12.2. The minimum Gasteiger partial charge on any atom is -0.293 e. The predicted octanol–water partition coefficient (Wildman–Crippen LogP) is 4.88. The molecule has 0 heterocycles. The van der Waals surface area contributed by atoms with Crippen molar-refractivity contribution in [1.29, 1.82) is 0 Å². The van der Waals surface area contributed by atoms with Gasteiger partial charge in [-0.2, -0.15) is 0 Å². The smallest absolute Gasteiger partial charge is 0.173 e. The van der Waals surface area contributed by atoms with Gasteiger partial charge in [0.1, 0.15) is 0 Å². The molecule has 94 valence electrons. The van der Waals surface area contributed by atoms with Crippen LogP contribution < -0.4 is 0 Å². The van der Waals surface area contributed by atoms with Crippen molar-refractivity contribution in [3.05, 3.63) is 59.7 Å². The molecule has 0 amide bonds. The maximum atomic E-state index is 12.0. The number of benzene rings is 3. The monoisotopic (exact) mass is 312 g/mol. The summed E-state index contributed by atoms with van der Waals surface area (Å²) in [6, 6.07) is 16.5. The van der Waals surface area contributed by atoms with Gasteiger partial charge in [-0.3, -0.25) is 4.79 Å². The van der Waals surface area contributed by atoms with Gasteiger partial charge in [0.2, 0.25) is 0 Å². The van der Waals surface area contributed by atoms with Crippen molar-refractivity contribution < 1.29 is 4.79 Å². The van der Waals surface area contributed by atoms with E-state index in [4.69, 9.17) is 0 Å². The molecule has 0 saturated heterocycles. The lowest BCUT2D eigenvalue weighted by molar-refractivity contribution is 0.102. The number of aryl methyl sites for hydroxylation is 1. The van der Waals surface area contributed by atoms with E-state index in [2.05, 4.69) is 53.2 Å². The zero-order chi connectivity index (χ0) is 13.4. The molecule has 0 N–H and O–H groups in total. The Labute approximate surface area is 120 Å². The van der Waals surface area contributed by atoms with Gasteiger partial charge in [-0.1, -0.05) is 70.0 Å². The van der Waals surface area contributed by atoms with Crippen LogP contribution in [-0.4, -0.2) is 11.1 Å². The maximum Gasteiger partial charge on any atom is 0.173 e. The van der Waals surface area contributed by atoms with Crippen LogP contribution in [0.3, 0.4) is 0 Å². The van der Waals surface area contributed by atoms with Gasteiger partial charge in [-0.05, 0) is 28.5 Å². The van der Waals surface area contributed by atoms with Crippen molar-refractivity contribution in [2.24, 2.45) is 0 Å². The molecule has 0 spiro atoms. The molecule has 0 fully saturated rings. The number of halogens is 1. The van der Waals surface area contributed by atoms with Crippen molar-refractivity contribution in [3.8, 4) is 0 Å². The molecule has 3 aromatic rings. The highest BCUT2D eigenvalue weighted by Gasteiger charge is 2.10. The highest BCUT2D eigenvalue weighted by molar-refractivity contribution is 9.09. The normalized spacial score (nSPS) is 11.1. The van der Waals surface area contributed by atoms with Crippen molar-refractivity contribution in [2.75, 3.05) is 5.33 Å². The Morgan fingerprint density at radius 3 is 2.58 bits per heavy atom. The minimum atomic E-state index is 0.122. The van der Waals surface area contributed by atoms with Crippen LogP contribution in [0.2, 0.25) is 0 Å². The SMILES string of the molecule is Cc1ccc2c(ccc3c(C(=O)CBr)cccc32)c1. The van der Waals surface area contributed by atoms with Crippen LogP contribution in [0.1, 0.15) is 15.9 Å². The fraction of sp³-hybridized carbons (Fsp3) is 0.118. The van der Waals surface area contributed by atoms with E-state index in [1.807, 2.05) is 18.2 Å². The molecule has 0 aliphatic rings. The summed E-state index contributed by atoms with van der Waals surface area (Å²) in [5.41, 5.74) is 2.04. The Morgan fingerprint density at radius 2 is 1.79 bits per heavy atom. The number of fused-ring (bicyclic) bond motifs is 3. The number of ketones is 1. The van der Waals surface area contributed by atoms with Crippen LogP contribution in [0.25, 0.3) is 21.5 Å². The highest BCUT2D eigenvalue weighted by atomic mass is 79.9. The molecule has 0 unspecified atom stereocenters. The summed E-state index contributed by atoms with van der Waals surface area (Å²) in [6.45, 7) is 2.09. The number of Topliss-reactive ketones (excluding diaryl/α,β-unsaturated/α-hetero) is 1. The summed E-state index contributed by atoms with van der Waals surface area (Å²) < 4.78 is 0. The lowest BCUT2D eigenvalue weighted by Crippen LogP contribution is -2.00. The number of carbonyl (C=O) groups excluding carboxylic acids is 1. The second-order valence-electron chi connectivity index (χ2n) is 4.75. The van der Waals surface area contributed by atoms with E-state index in [1.54, 1.807) is 0 Å². The molecule has 0 aliphatic heterocycles. The number of alkyl halides is 1. The van der Waals surface area contributed by atoms with Crippen LogP contribution >= 0.6 is 15.9 Å². The Balaban J connectivity index is 2.41. The first-order valence-electron chi connectivity index (χ1n) is 6.22. The van der Waals surface area contributed by atoms with Crippen LogP contribution in [-0.2, 0) is 0 Å². The Bertz CT molecular complexity index is 790. The number of hydrogen-bond acceptors (Lipinski definition) is 1. The third-order valence-corrected chi connectivity index (χ3v) is 3.96. The first kappa shape index (κ1) is 12.4. The van der Waals surface area contributed by atoms with E-state index in [0.29, 0.717) is 5.33 Å². The van der Waals surface area contributed by atoms with Gasteiger partial charge in [-0.25, -0.2) is 0 Å². The molecule has 3 rings (SSSR count).